The van der Waals surface area contributed by atoms with Crippen LogP contribution >= 0.6 is 27.3 Å². The first-order chi connectivity index (χ1) is 6.65. The zero-order valence-electron chi connectivity index (χ0n) is 8.39. The molecule has 2 nitrogen and oxygen atoms in total. The molecular weight excluding hydrogens is 262 g/mol. The Kier molecular flexibility index (Phi) is 4.62. The van der Waals surface area contributed by atoms with Crippen molar-refractivity contribution in [1.29, 1.82) is 0 Å². The highest BCUT2D eigenvalue weighted by molar-refractivity contribution is 9.09. The van der Waals surface area contributed by atoms with Crippen molar-refractivity contribution in [2.45, 2.75) is 20.3 Å². The summed E-state index contributed by atoms with van der Waals surface area (Å²) in [6.07, 6.45) is 0.967. The van der Waals surface area contributed by atoms with Crippen molar-refractivity contribution in [3.05, 3.63) is 21.4 Å². The first-order valence-corrected chi connectivity index (χ1v) is 6.50. The molecule has 4 heteroatoms. The predicted molar refractivity (Wildman–Crippen MR) is 64.5 cm³/mol. The minimum atomic E-state index is 0.0483. The number of amides is 1. The fraction of sp³-hybridized carbons (Fsp3) is 0.500. The third-order valence-electron chi connectivity index (χ3n) is 1.99. The predicted octanol–water partition coefficient (Wildman–Crippen LogP) is 2.88. The zero-order chi connectivity index (χ0) is 10.6. The van der Waals surface area contributed by atoms with Gasteiger partial charge in [0.25, 0.3) is 5.91 Å². The molecule has 1 aromatic rings. The van der Waals surface area contributed by atoms with Crippen molar-refractivity contribution >= 4 is 33.2 Å². The monoisotopic (exact) mass is 275 g/mol. The average molecular weight is 276 g/mol. The van der Waals surface area contributed by atoms with Gasteiger partial charge < -0.3 is 5.32 Å². The highest BCUT2D eigenvalue weighted by Gasteiger charge is 2.08. The number of thiophene rings is 1. The van der Waals surface area contributed by atoms with Crippen LogP contribution in [-0.4, -0.2) is 17.8 Å². The fourth-order valence-corrected chi connectivity index (χ4v) is 2.27. The summed E-state index contributed by atoms with van der Waals surface area (Å²) in [6, 6.07) is 1.95. The molecule has 0 radical (unpaired) electrons. The third-order valence-corrected chi connectivity index (χ3v) is 3.70. The standard InChI is InChI=1S/C10H14BrNOS/c1-7-6-9(14-8(7)2)10(13)12-5-3-4-11/h6H,3-5H2,1-2H3,(H,12,13). The molecule has 0 saturated heterocycles. The van der Waals surface area contributed by atoms with Crippen molar-refractivity contribution in [1.82, 2.24) is 5.32 Å². The summed E-state index contributed by atoms with van der Waals surface area (Å²) in [5, 5.41) is 3.81. The van der Waals surface area contributed by atoms with Crippen LogP contribution in [0, 0.1) is 13.8 Å². The number of halogens is 1. The topological polar surface area (TPSA) is 29.1 Å². The molecule has 1 N–H and O–H groups in total. The Morgan fingerprint density at radius 1 is 1.57 bits per heavy atom. The van der Waals surface area contributed by atoms with Crippen LogP contribution in [0.2, 0.25) is 0 Å². The van der Waals surface area contributed by atoms with Gasteiger partial charge in [-0.05, 0) is 31.9 Å². The van der Waals surface area contributed by atoms with E-state index in [1.165, 1.54) is 10.4 Å². The van der Waals surface area contributed by atoms with E-state index in [2.05, 4.69) is 21.2 Å². The highest BCUT2D eigenvalue weighted by Crippen LogP contribution is 2.20. The molecule has 0 spiro atoms. The van der Waals surface area contributed by atoms with Gasteiger partial charge in [0.1, 0.15) is 0 Å². The maximum atomic E-state index is 11.6. The number of carbonyl (C=O) groups is 1. The minimum Gasteiger partial charge on any atom is -0.351 e. The first-order valence-electron chi connectivity index (χ1n) is 4.56. The largest absolute Gasteiger partial charge is 0.351 e. The molecule has 1 aromatic heterocycles. The van der Waals surface area contributed by atoms with Crippen molar-refractivity contribution in [3.63, 3.8) is 0 Å². The molecule has 0 unspecified atom stereocenters. The molecule has 0 aliphatic rings. The van der Waals surface area contributed by atoms with Crippen LogP contribution in [-0.2, 0) is 0 Å². The van der Waals surface area contributed by atoms with Gasteiger partial charge in [-0.15, -0.1) is 11.3 Å². The van der Waals surface area contributed by atoms with Gasteiger partial charge in [0, 0.05) is 16.8 Å². The van der Waals surface area contributed by atoms with E-state index in [9.17, 15) is 4.79 Å². The molecule has 0 aromatic carbocycles. The van der Waals surface area contributed by atoms with E-state index in [0.717, 1.165) is 23.2 Å². The van der Waals surface area contributed by atoms with Crippen LogP contribution in [0.15, 0.2) is 6.07 Å². The molecule has 0 aliphatic heterocycles. The van der Waals surface area contributed by atoms with Gasteiger partial charge in [0.2, 0.25) is 0 Å². The summed E-state index contributed by atoms with van der Waals surface area (Å²) in [7, 11) is 0. The van der Waals surface area contributed by atoms with E-state index < -0.39 is 0 Å². The Labute approximate surface area is 96.8 Å². The molecule has 0 bridgehead atoms. The van der Waals surface area contributed by atoms with E-state index >= 15 is 0 Å². The molecule has 1 rings (SSSR count). The maximum Gasteiger partial charge on any atom is 0.261 e. The van der Waals surface area contributed by atoms with E-state index in [1.807, 2.05) is 19.9 Å². The lowest BCUT2D eigenvalue weighted by Gasteiger charge is -2.00. The lowest BCUT2D eigenvalue weighted by atomic mass is 10.3. The Balaban J connectivity index is 2.52. The SMILES string of the molecule is Cc1cc(C(=O)NCCCBr)sc1C. The minimum absolute atomic E-state index is 0.0483. The second-order valence-corrected chi connectivity index (χ2v) is 5.20. The quantitative estimate of drug-likeness (QED) is 0.665. The number of rotatable bonds is 4. The number of aryl methyl sites for hydroxylation is 2. The van der Waals surface area contributed by atoms with Crippen LogP contribution in [0.1, 0.15) is 26.5 Å². The van der Waals surface area contributed by atoms with Gasteiger partial charge in [-0.3, -0.25) is 4.79 Å². The van der Waals surface area contributed by atoms with Crippen molar-refractivity contribution in [2.75, 3.05) is 11.9 Å². The van der Waals surface area contributed by atoms with Gasteiger partial charge in [0.15, 0.2) is 0 Å². The maximum absolute atomic E-state index is 11.6. The number of nitrogens with one attached hydrogen (secondary N) is 1. The van der Waals surface area contributed by atoms with Crippen molar-refractivity contribution in [2.24, 2.45) is 0 Å². The van der Waals surface area contributed by atoms with Crippen molar-refractivity contribution < 1.29 is 4.79 Å². The number of alkyl halides is 1. The number of hydrogen-bond donors (Lipinski definition) is 1. The Hall–Kier alpha value is -0.350. The molecule has 0 saturated carbocycles. The van der Waals surface area contributed by atoms with Gasteiger partial charge >= 0.3 is 0 Å². The van der Waals surface area contributed by atoms with Crippen LogP contribution < -0.4 is 5.32 Å². The van der Waals surface area contributed by atoms with E-state index in [1.54, 1.807) is 11.3 Å². The van der Waals surface area contributed by atoms with Gasteiger partial charge in [-0.1, -0.05) is 15.9 Å². The summed E-state index contributed by atoms with van der Waals surface area (Å²) in [5.41, 5.74) is 1.20. The molecule has 0 atom stereocenters. The van der Waals surface area contributed by atoms with E-state index in [0.29, 0.717) is 0 Å². The Morgan fingerprint density at radius 2 is 2.29 bits per heavy atom. The lowest BCUT2D eigenvalue weighted by Crippen LogP contribution is -2.23. The summed E-state index contributed by atoms with van der Waals surface area (Å²) in [4.78, 5) is 13.6. The molecule has 1 amide bonds. The average Bonchev–Trinajstić information content (AvgIpc) is 2.47. The smallest absolute Gasteiger partial charge is 0.261 e. The Morgan fingerprint density at radius 3 is 2.79 bits per heavy atom. The van der Waals surface area contributed by atoms with Crippen molar-refractivity contribution in [3.8, 4) is 0 Å². The molecule has 0 fully saturated rings. The Bertz CT molecular complexity index is 302. The second-order valence-electron chi connectivity index (χ2n) is 3.15. The first kappa shape index (κ1) is 11.7. The normalized spacial score (nSPS) is 10.2. The molecule has 1 heterocycles. The molecule has 14 heavy (non-hydrogen) atoms. The molecule has 78 valence electrons. The highest BCUT2D eigenvalue weighted by atomic mass is 79.9. The van der Waals surface area contributed by atoms with Crippen LogP contribution in [0.4, 0.5) is 0 Å². The zero-order valence-corrected chi connectivity index (χ0v) is 10.8. The molecule has 0 aliphatic carbocycles. The molecular formula is C10H14BrNOS. The van der Waals surface area contributed by atoms with Gasteiger partial charge in [0.05, 0.1) is 4.88 Å². The van der Waals surface area contributed by atoms with Crippen LogP contribution in [0.25, 0.3) is 0 Å². The fourth-order valence-electron chi connectivity index (χ4n) is 1.04. The number of hydrogen-bond acceptors (Lipinski definition) is 2. The van der Waals surface area contributed by atoms with E-state index in [-0.39, 0.29) is 5.91 Å². The summed E-state index contributed by atoms with van der Waals surface area (Å²) in [5.74, 6) is 0.0483. The van der Waals surface area contributed by atoms with Crippen LogP contribution in [0.5, 0.6) is 0 Å². The van der Waals surface area contributed by atoms with Gasteiger partial charge in [-0.25, -0.2) is 0 Å². The number of carbonyl (C=O) groups excluding carboxylic acids is 1. The lowest BCUT2D eigenvalue weighted by molar-refractivity contribution is 0.0958. The summed E-state index contributed by atoms with van der Waals surface area (Å²) >= 11 is 4.88. The van der Waals surface area contributed by atoms with E-state index in [4.69, 9.17) is 0 Å². The third kappa shape index (κ3) is 3.10. The summed E-state index contributed by atoms with van der Waals surface area (Å²) in [6.45, 7) is 4.80. The summed E-state index contributed by atoms with van der Waals surface area (Å²) < 4.78 is 0. The van der Waals surface area contributed by atoms with Crippen LogP contribution in [0.3, 0.4) is 0 Å². The second kappa shape index (κ2) is 5.51. The van der Waals surface area contributed by atoms with Gasteiger partial charge in [-0.2, -0.15) is 0 Å².